The minimum atomic E-state index is -0.513. The molecule has 2 aromatic heterocycles. The Morgan fingerprint density at radius 3 is 2.77 bits per heavy atom. The summed E-state index contributed by atoms with van der Waals surface area (Å²) in [5, 5.41) is 17.1. The van der Waals surface area contributed by atoms with Crippen molar-refractivity contribution in [3.63, 3.8) is 0 Å². The molecule has 2 N–H and O–H groups in total. The molecule has 136 valence electrons. The Kier molecular flexibility index (Phi) is 4.12. The standard InChI is InChI=1S/C18H21N5O3/c1-21-13-5-2-3-6-14(13)22(18(21)26)10-7-16(25)20-12-11-15(24)17(12)23-9-4-8-19-23/h2-6,8-9,12,15,17,24H,7,10-11H2,1H3,(H,20,25)/t12-,15+,17+/m0/s1. The number of benzene rings is 1. The van der Waals surface area contributed by atoms with Gasteiger partial charge >= 0.3 is 5.69 Å². The summed E-state index contributed by atoms with van der Waals surface area (Å²) in [6, 6.07) is 8.92. The summed E-state index contributed by atoms with van der Waals surface area (Å²) in [6.07, 6.45) is 3.62. The van der Waals surface area contributed by atoms with E-state index in [-0.39, 0.29) is 30.1 Å². The first-order chi connectivity index (χ1) is 12.6. The van der Waals surface area contributed by atoms with E-state index in [2.05, 4.69) is 10.4 Å². The molecule has 1 saturated carbocycles. The minimum Gasteiger partial charge on any atom is -0.391 e. The number of nitrogens with zero attached hydrogens (tertiary/aromatic N) is 4. The number of carbonyl (C=O) groups is 1. The highest BCUT2D eigenvalue weighted by Gasteiger charge is 2.42. The fourth-order valence-electron chi connectivity index (χ4n) is 3.64. The highest BCUT2D eigenvalue weighted by Crippen LogP contribution is 2.32. The van der Waals surface area contributed by atoms with E-state index in [0.717, 1.165) is 11.0 Å². The van der Waals surface area contributed by atoms with E-state index in [1.165, 1.54) is 0 Å². The second-order valence-electron chi connectivity index (χ2n) is 6.69. The topological polar surface area (TPSA) is 94.1 Å². The summed E-state index contributed by atoms with van der Waals surface area (Å²) in [6.45, 7) is 0.313. The predicted octanol–water partition coefficient (Wildman–Crippen LogP) is 0.417. The summed E-state index contributed by atoms with van der Waals surface area (Å²) in [5.41, 5.74) is 1.53. The molecule has 26 heavy (non-hydrogen) atoms. The molecule has 0 unspecified atom stereocenters. The van der Waals surface area contributed by atoms with Crippen LogP contribution < -0.4 is 11.0 Å². The third-order valence-electron chi connectivity index (χ3n) is 5.09. The molecule has 1 aromatic carbocycles. The van der Waals surface area contributed by atoms with Crippen molar-refractivity contribution < 1.29 is 9.90 Å². The number of para-hydroxylation sites is 2. The van der Waals surface area contributed by atoms with Gasteiger partial charge in [0.1, 0.15) is 0 Å². The Morgan fingerprint density at radius 1 is 1.31 bits per heavy atom. The monoisotopic (exact) mass is 355 g/mol. The largest absolute Gasteiger partial charge is 0.391 e. The summed E-state index contributed by atoms with van der Waals surface area (Å²) < 4.78 is 4.88. The van der Waals surface area contributed by atoms with E-state index >= 15 is 0 Å². The number of carbonyl (C=O) groups excluding carboxylic acids is 1. The van der Waals surface area contributed by atoms with E-state index in [4.69, 9.17) is 0 Å². The van der Waals surface area contributed by atoms with Crippen LogP contribution in [-0.2, 0) is 18.4 Å². The van der Waals surface area contributed by atoms with Crippen molar-refractivity contribution in [2.75, 3.05) is 0 Å². The third-order valence-corrected chi connectivity index (χ3v) is 5.09. The van der Waals surface area contributed by atoms with Gasteiger partial charge in [0, 0.05) is 32.4 Å². The van der Waals surface area contributed by atoms with Crippen LogP contribution in [0.25, 0.3) is 11.0 Å². The van der Waals surface area contributed by atoms with Crippen LogP contribution >= 0.6 is 0 Å². The van der Waals surface area contributed by atoms with Crippen LogP contribution in [0.4, 0.5) is 0 Å². The first-order valence-corrected chi connectivity index (χ1v) is 8.67. The first-order valence-electron chi connectivity index (χ1n) is 8.67. The summed E-state index contributed by atoms with van der Waals surface area (Å²) >= 11 is 0. The molecular weight excluding hydrogens is 334 g/mol. The number of aliphatic hydroxyl groups is 1. The fraction of sp³-hybridized carbons (Fsp3) is 0.389. The lowest BCUT2D eigenvalue weighted by atomic mass is 9.83. The highest BCUT2D eigenvalue weighted by molar-refractivity contribution is 5.78. The van der Waals surface area contributed by atoms with Crippen LogP contribution in [0.2, 0.25) is 0 Å². The number of imidazole rings is 1. The summed E-state index contributed by atoms with van der Waals surface area (Å²) in [5.74, 6) is -0.140. The van der Waals surface area contributed by atoms with Crippen LogP contribution in [-0.4, -0.2) is 42.1 Å². The third kappa shape index (κ3) is 2.72. The normalized spacial score (nSPS) is 22.3. The van der Waals surface area contributed by atoms with Gasteiger partial charge < -0.3 is 10.4 Å². The van der Waals surface area contributed by atoms with Crippen molar-refractivity contribution in [3.05, 3.63) is 53.2 Å². The van der Waals surface area contributed by atoms with E-state index in [0.29, 0.717) is 13.0 Å². The summed E-state index contributed by atoms with van der Waals surface area (Å²) in [4.78, 5) is 24.7. The molecule has 0 aliphatic heterocycles. The maximum absolute atomic E-state index is 12.4. The van der Waals surface area contributed by atoms with Crippen molar-refractivity contribution in [1.82, 2.24) is 24.2 Å². The fourth-order valence-corrected chi connectivity index (χ4v) is 3.64. The van der Waals surface area contributed by atoms with E-state index in [9.17, 15) is 14.7 Å². The van der Waals surface area contributed by atoms with Gasteiger partial charge in [0.2, 0.25) is 5.91 Å². The number of fused-ring (bicyclic) bond motifs is 1. The molecule has 1 fully saturated rings. The van der Waals surface area contributed by atoms with Gasteiger partial charge in [-0.1, -0.05) is 12.1 Å². The molecule has 1 aliphatic rings. The van der Waals surface area contributed by atoms with Gasteiger partial charge in [0.25, 0.3) is 0 Å². The molecule has 3 atom stereocenters. The lowest BCUT2D eigenvalue weighted by molar-refractivity contribution is -0.124. The van der Waals surface area contributed by atoms with Crippen molar-refractivity contribution in [1.29, 1.82) is 0 Å². The van der Waals surface area contributed by atoms with Crippen molar-refractivity contribution >= 4 is 16.9 Å². The number of amides is 1. The quantitative estimate of drug-likeness (QED) is 0.693. The first kappa shape index (κ1) is 16.6. The zero-order valence-corrected chi connectivity index (χ0v) is 14.4. The lowest BCUT2D eigenvalue weighted by Crippen LogP contribution is -2.56. The van der Waals surface area contributed by atoms with Crippen LogP contribution in [0, 0.1) is 0 Å². The molecule has 0 spiro atoms. The Balaban J connectivity index is 1.42. The molecule has 0 radical (unpaired) electrons. The van der Waals surface area contributed by atoms with Crippen molar-refractivity contribution in [3.8, 4) is 0 Å². The van der Waals surface area contributed by atoms with Gasteiger partial charge in [0.05, 0.1) is 29.2 Å². The van der Waals surface area contributed by atoms with Gasteiger partial charge in [-0.05, 0) is 24.6 Å². The molecule has 1 amide bonds. The zero-order valence-electron chi connectivity index (χ0n) is 14.4. The Labute approximate surface area is 149 Å². The SMILES string of the molecule is Cn1c(=O)n(CCC(=O)N[C@H]2C[C@@H](O)[C@@H]2n2cccn2)c2ccccc21. The second-order valence-corrected chi connectivity index (χ2v) is 6.69. The number of rotatable bonds is 5. The van der Waals surface area contributed by atoms with Crippen molar-refractivity contribution in [2.24, 2.45) is 7.05 Å². The average Bonchev–Trinajstić information content (AvgIpc) is 3.21. The zero-order chi connectivity index (χ0) is 18.3. The van der Waals surface area contributed by atoms with Crippen molar-refractivity contribution in [2.45, 2.75) is 37.6 Å². The Morgan fingerprint density at radius 2 is 2.08 bits per heavy atom. The average molecular weight is 355 g/mol. The molecule has 8 heteroatoms. The Hall–Kier alpha value is -2.87. The van der Waals surface area contributed by atoms with Gasteiger partial charge in [-0.3, -0.25) is 18.6 Å². The van der Waals surface area contributed by atoms with Crippen LogP contribution in [0.1, 0.15) is 18.9 Å². The molecule has 4 rings (SSSR count). The van der Waals surface area contributed by atoms with Crippen LogP contribution in [0.5, 0.6) is 0 Å². The number of hydrogen-bond donors (Lipinski definition) is 2. The highest BCUT2D eigenvalue weighted by atomic mass is 16.3. The molecular formula is C18H21N5O3. The smallest absolute Gasteiger partial charge is 0.328 e. The lowest BCUT2D eigenvalue weighted by Gasteiger charge is -2.41. The second kappa shape index (κ2) is 6.45. The number of aromatic nitrogens is 4. The molecule has 8 nitrogen and oxygen atoms in total. The molecule has 0 saturated heterocycles. The van der Waals surface area contributed by atoms with Crippen LogP contribution in [0.15, 0.2) is 47.5 Å². The number of hydrogen-bond acceptors (Lipinski definition) is 4. The molecule has 1 aliphatic carbocycles. The van der Waals surface area contributed by atoms with Gasteiger partial charge in [-0.2, -0.15) is 5.10 Å². The van der Waals surface area contributed by atoms with Gasteiger partial charge in [-0.25, -0.2) is 4.79 Å². The number of aryl methyl sites for hydroxylation is 2. The van der Waals surface area contributed by atoms with Gasteiger partial charge in [0.15, 0.2) is 0 Å². The number of nitrogens with one attached hydrogen (secondary N) is 1. The summed E-state index contributed by atoms with van der Waals surface area (Å²) in [7, 11) is 1.73. The molecule has 0 bridgehead atoms. The number of aliphatic hydroxyl groups excluding tert-OH is 1. The van der Waals surface area contributed by atoms with E-state index in [1.807, 2.05) is 24.3 Å². The minimum absolute atomic E-state index is 0.132. The Bertz CT molecular complexity index is 988. The molecule has 2 heterocycles. The molecule has 3 aromatic rings. The predicted molar refractivity (Wildman–Crippen MR) is 95.6 cm³/mol. The maximum Gasteiger partial charge on any atom is 0.328 e. The van der Waals surface area contributed by atoms with Crippen LogP contribution in [0.3, 0.4) is 0 Å². The maximum atomic E-state index is 12.4. The van der Waals surface area contributed by atoms with E-state index < -0.39 is 6.10 Å². The van der Waals surface area contributed by atoms with E-state index in [1.54, 1.807) is 39.3 Å². The van der Waals surface area contributed by atoms with Gasteiger partial charge in [-0.15, -0.1) is 0 Å².